The van der Waals surface area contributed by atoms with E-state index >= 15 is 0 Å². The van der Waals surface area contributed by atoms with Crippen molar-refractivity contribution in [1.82, 2.24) is 0 Å². The van der Waals surface area contributed by atoms with Crippen LogP contribution in [0, 0.1) is 0 Å². The molecule has 0 rings (SSSR count). The maximum Gasteiger partial charge on any atom is 5.00 e. The third kappa shape index (κ3) is 15.9. The SMILES string of the molecule is CC[O-].[Nb+5]. The van der Waals surface area contributed by atoms with Crippen molar-refractivity contribution in [2.75, 3.05) is 6.61 Å². The minimum atomic E-state index is 0. The zero-order valence-corrected chi connectivity index (χ0v) is 4.76. The molecule has 0 amide bonds. The van der Waals surface area contributed by atoms with Crippen molar-refractivity contribution >= 4 is 0 Å². The van der Waals surface area contributed by atoms with Crippen LogP contribution in [0.4, 0.5) is 0 Å². The van der Waals surface area contributed by atoms with Gasteiger partial charge in [-0.3, -0.25) is 0 Å². The van der Waals surface area contributed by atoms with Gasteiger partial charge < -0.3 is 5.11 Å². The number of rotatable bonds is 0. The summed E-state index contributed by atoms with van der Waals surface area (Å²) in [7, 11) is 0. The molecule has 0 heterocycles. The monoisotopic (exact) mass is 138 g/mol. The molecule has 0 fully saturated rings. The van der Waals surface area contributed by atoms with Crippen LogP contribution in [0.15, 0.2) is 0 Å². The fraction of sp³-hybridized carbons (Fsp3) is 1.00. The third-order valence-electron chi connectivity index (χ3n) is 0. The first-order chi connectivity index (χ1) is 1.41. The van der Waals surface area contributed by atoms with Gasteiger partial charge in [-0.05, 0) is 0 Å². The van der Waals surface area contributed by atoms with E-state index < -0.39 is 0 Å². The Kier molecular flexibility index (Phi) is 20.6. The molecule has 0 spiro atoms. The van der Waals surface area contributed by atoms with E-state index in [4.69, 9.17) is 5.11 Å². The van der Waals surface area contributed by atoms with Gasteiger partial charge in [0.25, 0.3) is 0 Å². The third-order valence-corrected chi connectivity index (χ3v) is 0. The fourth-order valence-corrected chi connectivity index (χ4v) is 0. The van der Waals surface area contributed by atoms with Crippen LogP contribution in [0.1, 0.15) is 6.92 Å². The average Bonchev–Trinajstić information content (AvgIpc) is 0.918. The largest absolute Gasteiger partial charge is 5.00 e. The van der Waals surface area contributed by atoms with E-state index in [0.29, 0.717) is 0 Å². The molecular formula is C2H5NbO+4. The second kappa shape index (κ2) is 9.33. The summed E-state index contributed by atoms with van der Waals surface area (Å²) in [6.07, 6.45) is 0. The molecule has 0 N–H and O–H groups in total. The second-order valence-electron chi connectivity index (χ2n) is 0.289. The molecule has 0 aromatic carbocycles. The number of hydrogen-bond acceptors (Lipinski definition) is 1. The van der Waals surface area contributed by atoms with E-state index in [9.17, 15) is 0 Å². The molecule has 2 heteroatoms. The van der Waals surface area contributed by atoms with Crippen LogP contribution >= 0.6 is 0 Å². The van der Waals surface area contributed by atoms with Crippen molar-refractivity contribution in [3.63, 3.8) is 0 Å². The predicted octanol–water partition coefficient (Wildman–Crippen LogP) is -0.636. The quantitative estimate of drug-likeness (QED) is 0.408. The van der Waals surface area contributed by atoms with Crippen LogP contribution in [0.25, 0.3) is 0 Å². The Morgan fingerprint density at radius 1 is 1.75 bits per heavy atom. The molecule has 0 saturated heterocycles. The van der Waals surface area contributed by atoms with Gasteiger partial charge in [-0.2, -0.15) is 0 Å². The summed E-state index contributed by atoms with van der Waals surface area (Å²) < 4.78 is 0. The first kappa shape index (κ1) is 8.83. The van der Waals surface area contributed by atoms with Gasteiger partial charge in [-0.25, -0.2) is 0 Å². The Morgan fingerprint density at radius 2 is 1.75 bits per heavy atom. The summed E-state index contributed by atoms with van der Waals surface area (Å²) in [5.41, 5.74) is 0. The van der Waals surface area contributed by atoms with E-state index in [1.54, 1.807) is 6.92 Å². The zero-order valence-electron chi connectivity index (χ0n) is 2.56. The van der Waals surface area contributed by atoms with Crippen LogP contribution in [0.3, 0.4) is 0 Å². The summed E-state index contributed by atoms with van der Waals surface area (Å²) >= 11 is 0. The van der Waals surface area contributed by atoms with Gasteiger partial charge in [0.1, 0.15) is 0 Å². The van der Waals surface area contributed by atoms with E-state index in [1.165, 1.54) is 0 Å². The van der Waals surface area contributed by atoms with Gasteiger partial charge in [0.05, 0.1) is 0 Å². The first-order valence-corrected chi connectivity index (χ1v) is 0.996. The summed E-state index contributed by atoms with van der Waals surface area (Å²) in [5.74, 6) is 0. The zero-order chi connectivity index (χ0) is 2.71. The van der Waals surface area contributed by atoms with Gasteiger partial charge in [-0.1, -0.05) is 6.92 Å². The Morgan fingerprint density at radius 3 is 1.75 bits per heavy atom. The van der Waals surface area contributed by atoms with Crippen molar-refractivity contribution in [3.05, 3.63) is 0 Å². The average molecular weight is 138 g/mol. The Hall–Kier alpha value is 0.700. The van der Waals surface area contributed by atoms with E-state index in [1.807, 2.05) is 0 Å². The summed E-state index contributed by atoms with van der Waals surface area (Å²) in [5, 5.41) is 8.93. The maximum absolute atomic E-state index is 8.93. The second-order valence-corrected chi connectivity index (χ2v) is 0.289. The molecule has 0 bridgehead atoms. The van der Waals surface area contributed by atoms with E-state index in [0.717, 1.165) is 0 Å². The van der Waals surface area contributed by atoms with Crippen LogP contribution in [-0.2, 0) is 22.4 Å². The van der Waals surface area contributed by atoms with Crippen molar-refractivity contribution in [2.45, 2.75) is 6.92 Å². The molecule has 0 saturated carbocycles. The fourth-order valence-electron chi connectivity index (χ4n) is 0. The Balaban J connectivity index is 0. The normalized spacial score (nSPS) is 4.50. The minimum absolute atomic E-state index is 0. The summed E-state index contributed by atoms with van der Waals surface area (Å²) in [6, 6.07) is 0. The molecular weight excluding hydrogens is 133 g/mol. The van der Waals surface area contributed by atoms with Crippen molar-refractivity contribution in [1.29, 1.82) is 0 Å². The van der Waals surface area contributed by atoms with Gasteiger partial charge in [0.2, 0.25) is 0 Å². The molecule has 0 aromatic rings. The van der Waals surface area contributed by atoms with Gasteiger partial charge >= 0.3 is 22.4 Å². The molecule has 0 aliphatic rings. The van der Waals surface area contributed by atoms with Crippen molar-refractivity contribution in [3.8, 4) is 0 Å². The van der Waals surface area contributed by atoms with Gasteiger partial charge in [0, 0.05) is 0 Å². The van der Waals surface area contributed by atoms with Crippen molar-refractivity contribution in [2.24, 2.45) is 0 Å². The Labute approximate surface area is 41.5 Å². The van der Waals surface area contributed by atoms with Crippen molar-refractivity contribution < 1.29 is 27.5 Å². The smallest absolute Gasteiger partial charge is 0.855 e. The molecule has 0 aromatic heterocycles. The van der Waals surface area contributed by atoms with Crippen LogP contribution < -0.4 is 5.11 Å². The van der Waals surface area contributed by atoms with Crippen LogP contribution in [0.5, 0.6) is 0 Å². The van der Waals surface area contributed by atoms with Gasteiger partial charge in [-0.15, -0.1) is 6.61 Å². The molecule has 0 aliphatic carbocycles. The van der Waals surface area contributed by atoms with E-state index in [2.05, 4.69) is 0 Å². The Bertz CT molecular complexity index is 6.00. The molecule has 0 aliphatic heterocycles. The maximum atomic E-state index is 8.93. The molecule has 0 radical (unpaired) electrons. The molecule has 0 atom stereocenters. The molecule has 1 nitrogen and oxygen atoms in total. The van der Waals surface area contributed by atoms with Gasteiger partial charge in [0.15, 0.2) is 0 Å². The summed E-state index contributed by atoms with van der Waals surface area (Å²) in [6.45, 7) is 1.57. The summed E-state index contributed by atoms with van der Waals surface area (Å²) in [4.78, 5) is 0. The predicted molar refractivity (Wildman–Crippen MR) is 10.5 cm³/mol. The number of hydrogen-bond donors (Lipinski definition) is 0. The van der Waals surface area contributed by atoms with E-state index in [-0.39, 0.29) is 29.0 Å². The van der Waals surface area contributed by atoms with Crippen LogP contribution in [0.2, 0.25) is 0 Å². The minimum Gasteiger partial charge on any atom is -0.855 e. The topological polar surface area (TPSA) is 23.1 Å². The standard InChI is InChI=1S/C2H5O.Nb/c1-2-3;/h2H2,1H3;/q-1;+5. The van der Waals surface area contributed by atoms with Crippen LogP contribution in [-0.4, -0.2) is 6.61 Å². The first-order valence-electron chi connectivity index (χ1n) is 0.996. The molecule has 4 heavy (non-hydrogen) atoms. The molecule has 20 valence electrons. The molecule has 0 unspecified atom stereocenters.